The molecule has 1 aliphatic rings. The third-order valence-corrected chi connectivity index (χ3v) is 6.39. The number of rotatable bonds is 6. The number of hydrogen-bond donors (Lipinski definition) is 2. The van der Waals surface area contributed by atoms with Crippen molar-refractivity contribution >= 4 is 40.6 Å². The van der Waals surface area contributed by atoms with Gasteiger partial charge in [-0.25, -0.2) is 4.79 Å². The van der Waals surface area contributed by atoms with Crippen LogP contribution < -0.4 is 15.5 Å². The van der Waals surface area contributed by atoms with Crippen molar-refractivity contribution in [2.45, 2.75) is 19.0 Å². The number of anilines is 2. The number of benzene rings is 2. The molecule has 1 amide bonds. The van der Waals surface area contributed by atoms with Crippen LogP contribution in [0.4, 0.5) is 11.4 Å². The Bertz CT molecular complexity index is 1450. The van der Waals surface area contributed by atoms with Crippen molar-refractivity contribution in [2.75, 3.05) is 17.3 Å². The summed E-state index contributed by atoms with van der Waals surface area (Å²) < 4.78 is 11.3. The van der Waals surface area contributed by atoms with Gasteiger partial charge in [0.25, 0.3) is 0 Å². The van der Waals surface area contributed by atoms with Crippen LogP contribution in [-0.4, -0.2) is 29.1 Å². The van der Waals surface area contributed by atoms with Crippen LogP contribution in [-0.2, 0) is 9.53 Å². The van der Waals surface area contributed by atoms with Gasteiger partial charge in [0, 0.05) is 30.1 Å². The number of ether oxygens (including phenoxy) is 1. The third-order valence-electron chi connectivity index (χ3n) is 6.08. The maximum absolute atomic E-state index is 12.3. The van der Waals surface area contributed by atoms with Crippen molar-refractivity contribution in [1.29, 1.82) is 0 Å². The van der Waals surface area contributed by atoms with Crippen molar-refractivity contribution in [1.82, 2.24) is 10.3 Å². The van der Waals surface area contributed by atoms with E-state index in [9.17, 15) is 9.59 Å². The van der Waals surface area contributed by atoms with Gasteiger partial charge in [0.2, 0.25) is 5.91 Å². The van der Waals surface area contributed by atoms with Crippen molar-refractivity contribution in [2.24, 2.45) is 0 Å². The zero-order valence-corrected chi connectivity index (χ0v) is 21.0. The first kappa shape index (κ1) is 24.2. The molecule has 4 aromatic rings. The maximum atomic E-state index is 12.3. The molecule has 2 atom stereocenters. The van der Waals surface area contributed by atoms with E-state index in [0.29, 0.717) is 33.4 Å². The van der Waals surface area contributed by atoms with Crippen LogP contribution in [0.1, 0.15) is 40.8 Å². The summed E-state index contributed by atoms with van der Waals surface area (Å²) in [5.74, 6) is 0.595. The summed E-state index contributed by atoms with van der Waals surface area (Å²) in [6.07, 6.45) is 1.74. The Balaban J connectivity index is 1.57. The second-order valence-corrected chi connectivity index (χ2v) is 8.85. The zero-order valence-electron chi connectivity index (χ0n) is 20.2. The van der Waals surface area contributed by atoms with Crippen LogP contribution in [0, 0.1) is 0 Å². The lowest BCUT2D eigenvalue weighted by Crippen LogP contribution is -2.29. The third kappa shape index (κ3) is 4.81. The first-order valence-corrected chi connectivity index (χ1v) is 12.0. The molecule has 3 heterocycles. The molecule has 0 spiro atoms. The number of esters is 1. The monoisotopic (exact) mass is 512 g/mol. The summed E-state index contributed by atoms with van der Waals surface area (Å²) in [5, 5.41) is 6.69. The number of amides is 1. The molecule has 9 heteroatoms. The van der Waals surface area contributed by atoms with Crippen LogP contribution in [0.5, 0.6) is 0 Å². The topological polar surface area (TPSA) is 96.7 Å². The fraction of sp³-hybridized carbons (Fsp3) is 0.143. The molecule has 1 aliphatic heterocycles. The normalized spacial score (nSPS) is 16.8. The second-order valence-electron chi connectivity index (χ2n) is 8.46. The Morgan fingerprint density at radius 2 is 1.78 bits per heavy atom. The Morgan fingerprint density at radius 1 is 1.03 bits per heavy atom. The van der Waals surface area contributed by atoms with Crippen LogP contribution in [0.25, 0.3) is 11.3 Å². The average molecular weight is 513 g/mol. The summed E-state index contributed by atoms with van der Waals surface area (Å²) in [4.78, 5) is 30.3. The Hall–Kier alpha value is -4.50. The fourth-order valence-electron chi connectivity index (χ4n) is 4.47. The molecular weight excluding hydrogens is 488 g/mol. The number of thiocarbonyl (C=S) groups is 1. The summed E-state index contributed by atoms with van der Waals surface area (Å²) in [5.41, 5.74) is 3.36. The molecule has 8 nitrogen and oxygen atoms in total. The van der Waals surface area contributed by atoms with Gasteiger partial charge in [-0.15, -0.1) is 0 Å². The van der Waals surface area contributed by atoms with E-state index >= 15 is 0 Å². The van der Waals surface area contributed by atoms with E-state index in [1.54, 1.807) is 18.3 Å². The van der Waals surface area contributed by atoms with Crippen LogP contribution in [0.3, 0.4) is 0 Å². The predicted octanol–water partition coefficient (Wildman–Crippen LogP) is 5.26. The lowest BCUT2D eigenvalue weighted by molar-refractivity contribution is -0.114. The number of furan rings is 1. The molecule has 0 radical (unpaired) electrons. The molecule has 1 saturated heterocycles. The van der Waals surface area contributed by atoms with Crippen molar-refractivity contribution in [3.05, 3.63) is 102 Å². The van der Waals surface area contributed by atoms with Gasteiger partial charge < -0.3 is 24.7 Å². The number of carbonyl (C=O) groups excluding carboxylic acids is 2. The summed E-state index contributed by atoms with van der Waals surface area (Å²) in [6, 6.07) is 23.4. The van der Waals surface area contributed by atoms with E-state index in [1.807, 2.05) is 71.6 Å². The highest BCUT2D eigenvalue weighted by molar-refractivity contribution is 7.80. The zero-order chi connectivity index (χ0) is 25.9. The molecule has 5 rings (SSSR count). The molecule has 2 aromatic carbocycles. The quantitative estimate of drug-likeness (QED) is 0.267. The second kappa shape index (κ2) is 10.2. The molecule has 0 saturated carbocycles. The molecule has 2 aromatic heterocycles. The van der Waals surface area contributed by atoms with Gasteiger partial charge in [0.15, 0.2) is 5.11 Å². The van der Waals surface area contributed by atoms with Gasteiger partial charge in [0.05, 0.1) is 24.4 Å². The Labute approximate surface area is 219 Å². The van der Waals surface area contributed by atoms with E-state index in [1.165, 1.54) is 14.0 Å². The number of hydrogen-bond acceptors (Lipinski definition) is 6. The van der Waals surface area contributed by atoms with E-state index in [4.69, 9.17) is 21.4 Å². The number of nitrogens with zero attached hydrogens (tertiary/aromatic N) is 2. The number of methoxy groups -OCH3 is 1. The molecule has 186 valence electrons. The van der Waals surface area contributed by atoms with E-state index in [0.717, 1.165) is 11.4 Å². The van der Waals surface area contributed by atoms with Gasteiger partial charge in [-0.05, 0) is 66.8 Å². The Kier molecular flexibility index (Phi) is 6.70. The van der Waals surface area contributed by atoms with Gasteiger partial charge in [-0.2, -0.15) is 0 Å². The smallest absolute Gasteiger partial charge is 0.338 e. The number of pyridine rings is 1. The minimum Gasteiger partial charge on any atom is -0.465 e. The van der Waals surface area contributed by atoms with Gasteiger partial charge in [-0.3, -0.25) is 9.78 Å². The minimum atomic E-state index is -0.440. The van der Waals surface area contributed by atoms with Crippen LogP contribution in [0.15, 0.2) is 89.5 Å². The van der Waals surface area contributed by atoms with Gasteiger partial charge in [0.1, 0.15) is 17.6 Å². The van der Waals surface area contributed by atoms with Crippen molar-refractivity contribution < 1.29 is 18.7 Å². The lowest BCUT2D eigenvalue weighted by atomic mass is 10.0. The highest BCUT2D eigenvalue weighted by Crippen LogP contribution is 2.43. The van der Waals surface area contributed by atoms with Gasteiger partial charge in [-0.1, -0.05) is 24.3 Å². The first-order chi connectivity index (χ1) is 18.0. The SMILES string of the molecule is COC(=O)c1ccccc1-c1ccc([C@@H]2[C@H](c3ccccn3)NC(=S)N2c2ccc(NC(C)=O)cc2)o1. The summed E-state index contributed by atoms with van der Waals surface area (Å²) in [7, 11) is 1.35. The Morgan fingerprint density at radius 3 is 2.49 bits per heavy atom. The molecular formula is C28H24N4O4S. The molecule has 0 bridgehead atoms. The highest BCUT2D eigenvalue weighted by Gasteiger charge is 2.42. The number of carbonyl (C=O) groups is 2. The van der Waals surface area contributed by atoms with Crippen molar-refractivity contribution in [3.8, 4) is 11.3 Å². The standard InChI is InChI=1S/C28H24N4O4S/c1-17(33)30-18-10-12-19(13-11-18)32-26(25(31-28(32)37)22-9-5-6-16-29-22)24-15-14-23(36-24)20-7-3-4-8-21(20)27(34)35-2/h3-16,25-26H,1-2H3,(H,30,33)(H,31,37)/t25-,26+/m0/s1. The minimum absolute atomic E-state index is 0.144. The first-order valence-electron chi connectivity index (χ1n) is 11.6. The maximum Gasteiger partial charge on any atom is 0.338 e. The molecule has 0 unspecified atom stereocenters. The molecule has 0 aliphatic carbocycles. The average Bonchev–Trinajstić information content (AvgIpc) is 3.53. The summed E-state index contributed by atoms with van der Waals surface area (Å²) in [6.45, 7) is 1.47. The number of aromatic nitrogens is 1. The molecule has 2 N–H and O–H groups in total. The van der Waals surface area contributed by atoms with Gasteiger partial charge >= 0.3 is 5.97 Å². The van der Waals surface area contributed by atoms with E-state index in [-0.39, 0.29) is 18.0 Å². The predicted molar refractivity (Wildman–Crippen MR) is 144 cm³/mol. The van der Waals surface area contributed by atoms with Crippen molar-refractivity contribution in [3.63, 3.8) is 0 Å². The van der Waals surface area contributed by atoms with E-state index in [2.05, 4.69) is 15.6 Å². The fourth-order valence-corrected chi connectivity index (χ4v) is 4.82. The lowest BCUT2D eigenvalue weighted by Gasteiger charge is -2.26. The number of nitrogens with one attached hydrogen (secondary N) is 2. The van der Waals surface area contributed by atoms with Crippen LogP contribution in [0.2, 0.25) is 0 Å². The molecule has 1 fully saturated rings. The van der Waals surface area contributed by atoms with E-state index < -0.39 is 5.97 Å². The van der Waals surface area contributed by atoms with Crippen LogP contribution >= 0.6 is 12.2 Å². The largest absolute Gasteiger partial charge is 0.465 e. The summed E-state index contributed by atoms with van der Waals surface area (Å²) >= 11 is 5.76. The highest BCUT2D eigenvalue weighted by atomic mass is 32.1. The molecule has 37 heavy (non-hydrogen) atoms.